The van der Waals surface area contributed by atoms with Crippen molar-refractivity contribution in [3.05, 3.63) is 28.5 Å². The third-order valence-electron chi connectivity index (χ3n) is 3.91. The Bertz CT molecular complexity index is 382. The molecule has 1 saturated carbocycles. The number of hydrogen-bond donors (Lipinski definition) is 2. The number of pyridine rings is 1. The van der Waals surface area contributed by atoms with Gasteiger partial charge in [0.25, 0.3) is 0 Å². The van der Waals surface area contributed by atoms with Gasteiger partial charge in [0.15, 0.2) is 0 Å². The molecule has 1 fully saturated rings. The Kier molecular flexibility index (Phi) is 3.85. The lowest BCUT2D eigenvalue weighted by atomic mass is 9.78. The van der Waals surface area contributed by atoms with Crippen LogP contribution in [0.1, 0.15) is 38.0 Å². The molecule has 1 heterocycles. The molecule has 1 aliphatic carbocycles. The number of nitrogens with two attached hydrogens (primary N) is 1. The minimum atomic E-state index is -0.550. The fourth-order valence-electron chi connectivity index (χ4n) is 2.84. The zero-order valence-electron chi connectivity index (χ0n) is 10.1. The van der Waals surface area contributed by atoms with Crippen LogP contribution < -0.4 is 5.73 Å². The second kappa shape index (κ2) is 5.04. The smallest absolute Gasteiger partial charge is 0.103 e. The maximum atomic E-state index is 10.5. The minimum Gasteiger partial charge on any atom is -0.386 e. The van der Waals surface area contributed by atoms with E-state index in [1.54, 1.807) is 6.20 Å². The van der Waals surface area contributed by atoms with E-state index in [1.165, 1.54) is 0 Å². The first kappa shape index (κ1) is 13.0. The maximum absolute atomic E-state index is 10.5. The van der Waals surface area contributed by atoms with Crippen molar-refractivity contribution in [1.29, 1.82) is 0 Å². The molecule has 0 saturated heterocycles. The van der Waals surface area contributed by atoms with E-state index in [1.807, 2.05) is 12.1 Å². The van der Waals surface area contributed by atoms with Crippen molar-refractivity contribution < 1.29 is 5.11 Å². The molecule has 3 atom stereocenters. The van der Waals surface area contributed by atoms with Crippen molar-refractivity contribution in [3.8, 4) is 0 Å². The van der Waals surface area contributed by atoms with Crippen LogP contribution in [0.4, 0.5) is 0 Å². The molecular weight excluding hydrogens is 280 g/mol. The third kappa shape index (κ3) is 2.54. The summed E-state index contributed by atoms with van der Waals surface area (Å²) in [6.45, 7) is 2.75. The van der Waals surface area contributed by atoms with Crippen molar-refractivity contribution in [2.24, 2.45) is 17.1 Å². The van der Waals surface area contributed by atoms with Gasteiger partial charge in [-0.1, -0.05) is 13.3 Å². The Morgan fingerprint density at radius 3 is 2.88 bits per heavy atom. The summed E-state index contributed by atoms with van der Waals surface area (Å²) >= 11 is 3.35. The minimum absolute atomic E-state index is 0.180. The summed E-state index contributed by atoms with van der Waals surface area (Å²) in [6.07, 6.45) is 4.29. The quantitative estimate of drug-likeness (QED) is 0.902. The van der Waals surface area contributed by atoms with Crippen LogP contribution in [0.5, 0.6) is 0 Å². The molecule has 0 radical (unpaired) electrons. The highest BCUT2D eigenvalue weighted by Crippen LogP contribution is 2.48. The Morgan fingerprint density at radius 1 is 1.65 bits per heavy atom. The SMILES string of the molecule is CC1CCC(CN)(C(O)c2ccc(Br)cn2)C1. The first-order valence-corrected chi connectivity index (χ1v) is 6.86. The lowest BCUT2D eigenvalue weighted by molar-refractivity contribution is 0.0274. The summed E-state index contributed by atoms with van der Waals surface area (Å²) in [5, 5.41) is 10.5. The largest absolute Gasteiger partial charge is 0.386 e. The summed E-state index contributed by atoms with van der Waals surface area (Å²) in [5.41, 5.74) is 6.45. The molecule has 17 heavy (non-hydrogen) atoms. The predicted molar refractivity (Wildman–Crippen MR) is 71.4 cm³/mol. The van der Waals surface area contributed by atoms with Gasteiger partial charge in [-0.3, -0.25) is 4.98 Å². The van der Waals surface area contributed by atoms with Crippen molar-refractivity contribution in [3.63, 3.8) is 0 Å². The molecule has 94 valence electrons. The number of aromatic nitrogens is 1. The van der Waals surface area contributed by atoms with E-state index < -0.39 is 6.10 Å². The van der Waals surface area contributed by atoms with Crippen LogP contribution >= 0.6 is 15.9 Å². The van der Waals surface area contributed by atoms with Gasteiger partial charge in [0, 0.05) is 22.6 Å². The Hall–Kier alpha value is -0.450. The van der Waals surface area contributed by atoms with Crippen LogP contribution in [-0.2, 0) is 0 Å². The second-order valence-electron chi connectivity index (χ2n) is 5.22. The molecule has 1 aliphatic rings. The first-order valence-electron chi connectivity index (χ1n) is 6.07. The van der Waals surface area contributed by atoms with Gasteiger partial charge < -0.3 is 10.8 Å². The molecule has 1 aromatic rings. The molecule has 2 rings (SSSR count). The number of rotatable bonds is 3. The van der Waals surface area contributed by atoms with Crippen LogP contribution in [0, 0.1) is 11.3 Å². The molecule has 0 aromatic carbocycles. The van der Waals surface area contributed by atoms with Gasteiger partial charge in [0.05, 0.1) is 5.69 Å². The average molecular weight is 299 g/mol. The second-order valence-corrected chi connectivity index (χ2v) is 6.13. The molecule has 3 unspecified atom stereocenters. The van der Waals surface area contributed by atoms with E-state index in [0.717, 1.165) is 29.4 Å². The fourth-order valence-corrected chi connectivity index (χ4v) is 3.07. The van der Waals surface area contributed by atoms with E-state index in [9.17, 15) is 5.11 Å². The lowest BCUT2D eigenvalue weighted by Crippen LogP contribution is -2.35. The van der Waals surface area contributed by atoms with Gasteiger partial charge in [-0.25, -0.2) is 0 Å². The number of hydrogen-bond acceptors (Lipinski definition) is 3. The van der Waals surface area contributed by atoms with E-state index in [-0.39, 0.29) is 5.41 Å². The molecule has 3 N–H and O–H groups in total. The van der Waals surface area contributed by atoms with Crippen LogP contribution in [0.15, 0.2) is 22.8 Å². The third-order valence-corrected chi connectivity index (χ3v) is 4.38. The first-order chi connectivity index (χ1) is 8.07. The standard InChI is InChI=1S/C13H19BrN2O/c1-9-4-5-13(6-9,8-15)12(17)11-3-2-10(14)7-16-11/h2-3,7,9,12,17H,4-6,8,15H2,1H3. The number of nitrogens with zero attached hydrogens (tertiary/aromatic N) is 1. The summed E-state index contributed by atoms with van der Waals surface area (Å²) < 4.78 is 0.926. The van der Waals surface area contributed by atoms with Crippen molar-refractivity contribution in [2.45, 2.75) is 32.3 Å². The van der Waals surface area contributed by atoms with E-state index in [2.05, 4.69) is 27.8 Å². The van der Waals surface area contributed by atoms with E-state index in [4.69, 9.17) is 5.73 Å². The van der Waals surface area contributed by atoms with Crippen LogP contribution in [0.2, 0.25) is 0 Å². The molecule has 0 amide bonds. The van der Waals surface area contributed by atoms with Crippen LogP contribution in [0.3, 0.4) is 0 Å². The van der Waals surface area contributed by atoms with Gasteiger partial charge >= 0.3 is 0 Å². The van der Waals surface area contributed by atoms with E-state index >= 15 is 0 Å². The number of aliphatic hydroxyl groups excluding tert-OH is 1. The van der Waals surface area contributed by atoms with Crippen molar-refractivity contribution >= 4 is 15.9 Å². The Morgan fingerprint density at radius 2 is 2.41 bits per heavy atom. The van der Waals surface area contributed by atoms with Crippen molar-refractivity contribution in [1.82, 2.24) is 4.98 Å². The zero-order chi connectivity index (χ0) is 12.5. The molecule has 4 heteroatoms. The van der Waals surface area contributed by atoms with Crippen LogP contribution in [-0.4, -0.2) is 16.6 Å². The summed E-state index contributed by atoms with van der Waals surface area (Å²) in [5.74, 6) is 0.642. The highest BCUT2D eigenvalue weighted by molar-refractivity contribution is 9.10. The lowest BCUT2D eigenvalue weighted by Gasteiger charge is -2.32. The monoisotopic (exact) mass is 298 g/mol. The Balaban J connectivity index is 2.23. The number of aliphatic hydroxyl groups is 1. The Labute approximate surface area is 111 Å². The summed E-state index contributed by atoms with van der Waals surface area (Å²) in [6, 6.07) is 3.78. The molecular formula is C13H19BrN2O. The van der Waals surface area contributed by atoms with Crippen LogP contribution in [0.25, 0.3) is 0 Å². The molecule has 1 aromatic heterocycles. The highest BCUT2D eigenvalue weighted by Gasteiger charge is 2.43. The van der Waals surface area contributed by atoms with Gasteiger partial charge in [0.2, 0.25) is 0 Å². The molecule has 0 aliphatic heterocycles. The molecule has 0 spiro atoms. The zero-order valence-corrected chi connectivity index (χ0v) is 11.7. The van der Waals surface area contributed by atoms with Gasteiger partial charge in [-0.15, -0.1) is 0 Å². The van der Waals surface area contributed by atoms with Gasteiger partial charge in [0.1, 0.15) is 6.10 Å². The van der Waals surface area contributed by atoms with E-state index in [0.29, 0.717) is 12.5 Å². The van der Waals surface area contributed by atoms with Gasteiger partial charge in [-0.2, -0.15) is 0 Å². The predicted octanol–water partition coefficient (Wildman–Crippen LogP) is 2.64. The summed E-state index contributed by atoms with van der Waals surface area (Å²) in [4.78, 5) is 4.29. The maximum Gasteiger partial charge on any atom is 0.103 e. The number of halogens is 1. The van der Waals surface area contributed by atoms with Gasteiger partial charge in [-0.05, 0) is 46.8 Å². The fraction of sp³-hybridized carbons (Fsp3) is 0.615. The highest BCUT2D eigenvalue weighted by atomic mass is 79.9. The molecule has 3 nitrogen and oxygen atoms in total. The van der Waals surface area contributed by atoms with Crippen molar-refractivity contribution in [2.75, 3.05) is 6.54 Å². The average Bonchev–Trinajstić information content (AvgIpc) is 2.72. The normalized spacial score (nSPS) is 30.5. The molecule has 0 bridgehead atoms. The topological polar surface area (TPSA) is 59.1 Å². The summed E-state index contributed by atoms with van der Waals surface area (Å²) in [7, 11) is 0.